The molecular formula is C30H33NO6S. The summed E-state index contributed by atoms with van der Waals surface area (Å²) in [5.74, 6) is -0.410. The molecule has 38 heavy (non-hydrogen) atoms. The molecule has 0 spiro atoms. The number of carbonyl (C=O) groups excluding carboxylic acids is 1. The molecule has 4 rings (SSSR count). The summed E-state index contributed by atoms with van der Waals surface area (Å²) in [5.41, 5.74) is 3.67. The maximum absolute atomic E-state index is 11.8. The van der Waals surface area contributed by atoms with E-state index in [0.717, 1.165) is 28.0 Å². The molecule has 4 atom stereocenters. The van der Waals surface area contributed by atoms with Crippen LogP contribution in [0, 0.1) is 5.92 Å². The number of hydrogen-bond donors (Lipinski definition) is 3. The minimum absolute atomic E-state index is 0.00417. The first kappa shape index (κ1) is 27.9. The summed E-state index contributed by atoms with van der Waals surface area (Å²) in [6, 6.07) is 25.8. The summed E-state index contributed by atoms with van der Waals surface area (Å²) in [6.45, 7) is 2.46. The van der Waals surface area contributed by atoms with Crippen molar-refractivity contribution in [1.82, 2.24) is 5.32 Å². The van der Waals surface area contributed by atoms with Crippen molar-refractivity contribution >= 4 is 23.6 Å². The van der Waals surface area contributed by atoms with Gasteiger partial charge < -0.3 is 25.0 Å². The van der Waals surface area contributed by atoms with E-state index in [0.29, 0.717) is 6.54 Å². The van der Waals surface area contributed by atoms with E-state index in [2.05, 4.69) is 24.4 Å². The van der Waals surface area contributed by atoms with Gasteiger partial charge in [0.1, 0.15) is 0 Å². The lowest BCUT2D eigenvalue weighted by Gasteiger charge is -2.41. The zero-order valence-electron chi connectivity index (χ0n) is 21.3. The molecule has 7 nitrogen and oxygen atoms in total. The van der Waals surface area contributed by atoms with Crippen LogP contribution in [0.15, 0.2) is 83.8 Å². The van der Waals surface area contributed by atoms with Crippen LogP contribution in [-0.4, -0.2) is 33.9 Å². The minimum atomic E-state index is -0.991. The second-order valence-corrected chi connectivity index (χ2v) is 10.5. The van der Waals surface area contributed by atoms with Crippen molar-refractivity contribution in [2.24, 2.45) is 5.92 Å². The molecule has 200 valence electrons. The van der Waals surface area contributed by atoms with Gasteiger partial charge in [-0.25, -0.2) is 0 Å². The van der Waals surface area contributed by atoms with E-state index in [9.17, 15) is 14.7 Å². The Bertz CT molecular complexity index is 1190. The highest BCUT2D eigenvalue weighted by Gasteiger charge is 2.38. The number of carbonyl (C=O) groups is 2. The summed E-state index contributed by atoms with van der Waals surface area (Å²) in [7, 11) is 0. The van der Waals surface area contributed by atoms with Gasteiger partial charge in [-0.2, -0.15) is 0 Å². The SMILES string of the molecule is C[C@H]1[C@@H](CSc2ccccc2)O[C@@H](c2ccc(CNC(=O)CCC(=O)O)cc2)O[C@H]1c1ccc(CO)cc1. The van der Waals surface area contributed by atoms with Crippen LogP contribution in [-0.2, 0) is 32.2 Å². The molecule has 3 aromatic carbocycles. The third-order valence-corrected chi connectivity index (χ3v) is 7.69. The Hall–Kier alpha value is -3.17. The van der Waals surface area contributed by atoms with E-state index in [1.165, 1.54) is 4.90 Å². The number of hydrogen-bond acceptors (Lipinski definition) is 6. The Balaban J connectivity index is 1.47. The van der Waals surface area contributed by atoms with Crippen LogP contribution in [0.25, 0.3) is 0 Å². The number of aliphatic hydroxyl groups excluding tert-OH is 1. The summed E-state index contributed by atoms with van der Waals surface area (Å²) < 4.78 is 13.0. The molecule has 0 aliphatic carbocycles. The zero-order chi connectivity index (χ0) is 26.9. The highest BCUT2D eigenvalue weighted by Crippen LogP contribution is 2.43. The van der Waals surface area contributed by atoms with Crippen LogP contribution in [0.3, 0.4) is 0 Å². The third kappa shape index (κ3) is 7.68. The third-order valence-electron chi connectivity index (χ3n) is 6.59. The predicted octanol–water partition coefficient (Wildman–Crippen LogP) is 5.24. The summed E-state index contributed by atoms with van der Waals surface area (Å²) in [5, 5.41) is 20.9. The molecule has 8 heteroatoms. The van der Waals surface area contributed by atoms with Crippen molar-refractivity contribution < 1.29 is 29.3 Å². The van der Waals surface area contributed by atoms with E-state index in [4.69, 9.17) is 14.6 Å². The second kappa shape index (κ2) is 13.6. The number of aliphatic hydroxyl groups is 1. The predicted molar refractivity (Wildman–Crippen MR) is 145 cm³/mol. The van der Waals surface area contributed by atoms with Crippen LogP contribution in [0.2, 0.25) is 0 Å². The fraction of sp³-hybridized carbons (Fsp3) is 0.333. The Morgan fingerprint density at radius 1 is 0.868 bits per heavy atom. The Labute approximate surface area is 227 Å². The fourth-order valence-electron chi connectivity index (χ4n) is 4.31. The molecule has 0 radical (unpaired) electrons. The van der Waals surface area contributed by atoms with Crippen molar-refractivity contribution in [2.75, 3.05) is 5.75 Å². The Morgan fingerprint density at radius 2 is 1.53 bits per heavy atom. The van der Waals surface area contributed by atoms with Gasteiger partial charge in [-0.15, -0.1) is 11.8 Å². The van der Waals surface area contributed by atoms with E-state index >= 15 is 0 Å². The average molecular weight is 536 g/mol. The maximum Gasteiger partial charge on any atom is 0.303 e. The minimum Gasteiger partial charge on any atom is -0.481 e. The highest BCUT2D eigenvalue weighted by molar-refractivity contribution is 7.99. The van der Waals surface area contributed by atoms with Gasteiger partial charge in [-0.05, 0) is 28.8 Å². The molecule has 0 bridgehead atoms. The maximum atomic E-state index is 11.8. The quantitative estimate of drug-likeness (QED) is 0.288. The molecule has 1 aliphatic rings. The molecule has 1 aliphatic heterocycles. The number of carboxylic acid groups (broad SMARTS) is 1. The van der Waals surface area contributed by atoms with Crippen LogP contribution in [0.4, 0.5) is 0 Å². The van der Waals surface area contributed by atoms with Gasteiger partial charge in [0.15, 0.2) is 6.29 Å². The van der Waals surface area contributed by atoms with Gasteiger partial charge in [0, 0.05) is 35.1 Å². The van der Waals surface area contributed by atoms with Gasteiger partial charge >= 0.3 is 5.97 Å². The smallest absolute Gasteiger partial charge is 0.303 e. The number of carboxylic acids is 1. The van der Waals surface area contributed by atoms with Crippen LogP contribution >= 0.6 is 11.8 Å². The number of amides is 1. The van der Waals surface area contributed by atoms with Crippen molar-refractivity contribution in [3.63, 3.8) is 0 Å². The number of rotatable bonds is 11. The molecule has 1 heterocycles. The molecule has 1 amide bonds. The molecule has 0 saturated carbocycles. The summed E-state index contributed by atoms with van der Waals surface area (Å²) in [6.07, 6.45) is -1.04. The number of thioether (sulfide) groups is 1. The first-order valence-corrected chi connectivity index (χ1v) is 13.7. The largest absolute Gasteiger partial charge is 0.481 e. The van der Waals surface area contributed by atoms with Gasteiger partial charge in [0.25, 0.3) is 0 Å². The molecule has 3 aromatic rings. The van der Waals surface area contributed by atoms with Gasteiger partial charge in [0.05, 0.1) is 25.2 Å². The van der Waals surface area contributed by atoms with E-state index < -0.39 is 12.3 Å². The van der Waals surface area contributed by atoms with Crippen molar-refractivity contribution in [1.29, 1.82) is 0 Å². The number of nitrogens with one attached hydrogen (secondary N) is 1. The van der Waals surface area contributed by atoms with Crippen molar-refractivity contribution in [3.05, 3.63) is 101 Å². The van der Waals surface area contributed by atoms with Crippen LogP contribution < -0.4 is 5.32 Å². The topological polar surface area (TPSA) is 105 Å². The molecule has 0 aromatic heterocycles. The monoisotopic (exact) mass is 535 g/mol. The summed E-state index contributed by atoms with van der Waals surface area (Å²) in [4.78, 5) is 23.7. The second-order valence-electron chi connectivity index (χ2n) is 9.36. The van der Waals surface area contributed by atoms with Gasteiger partial charge in [-0.3, -0.25) is 9.59 Å². The van der Waals surface area contributed by atoms with Crippen molar-refractivity contribution in [2.45, 2.75) is 56.3 Å². The van der Waals surface area contributed by atoms with Gasteiger partial charge in [-0.1, -0.05) is 73.7 Å². The first-order chi connectivity index (χ1) is 18.4. The lowest BCUT2D eigenvalue weighted by Crippen LogP contribution is -2.38. The molecular weight excluding hydrogens is 502 g/mol. The average Bonchev–Trinajstić information content (AvgIpc) is 2.95. The van der Waals surface area contributed by atoms with E-state index in [1.54, 1.807) is 11.8 Å². The van der Waals surface area contributed by atoms with Crippen molar-refractivity contribution in [3.8, 4) is 0 Å². The standard InChI is InChI=1S/C30H33NO6S/c1-20-26(19-38-25-5-3-2-4-6-25)36-30(37-29(20)23-11-9-22(18-32)10-12-23)24-13-7-21(8-14-24)17-31-27(33)15-16-28(34)35/h2-14,20,26,29-30,32H,15-19H2,1H3,(H,31,33)(H,34,35)/t20-,26+,29+,30+/m0/s1. The lowest BCUT2D eigenvalue weighted by molar-refractivity contribution is -0.268. The normalized spacial score (nSPS) is 21.1. The van der Waals surface area contributed by atoms with E-state index in [-0.39, 0.29) is 43.5 Å². The van der Waals surface area contributed by atoms with Crippen LogP contribution in [0.1, 0.15) is 54.4 Å². The Kier molecular flexibility index (Phi) is 9.95. The molecule has 0 unspecified atom stereocenters. The zero-order valence-corrected chi connectivity index (χ0v) is 22.1. The van der Waals surface area contributed by atoms with Crippen LogP contribution in [0.5, 0.6) is 0 Å². The molecule has 1 fully saturated rings. The lowest BCUT2D eigenvalue weighted by atomic mass is 9.91. The first-order valence-electron chi connectivity index (χ1n) is 12.7. The highest BCUT2D eigenvalue weighted by atomic mass is 32.2. The van der Waals surface area contributed by atoms with Gasteiger partial charge in [0.2, 0.25) is 5.91 Å². The number of ether oxygens (including phenoxy) is 2. The Morgan fingerprint density at radius 3 is 2.18 bits per heavy atom. The van der Waals surface area contributed by atoms with E-state index in [1.807, 2.05) is 66.7 Å². The summed E-state index contributed by atoms with van der Waals surface area (Å²) >= 11 is 1.76. The molecule has 1 saturated heterocycles. The molecule has 3 N–H and O–H groups in total. The number of aliphatic carboxylic acids is 1. The number of benzene rings is 3. The fourth-order valence-corrected chi connectivity index (χ4v) is 5.40.